The van der Waals surface area contributed by atoms with E-state index >= 15 is 0 Å². The zero-order valence-electron chi connectivity index (χ0n) is 35.6. The smallest absolute Gasteiger partial charge is 0.0987 e. The number of carbonyl (C=O) groups excluding carboxylic acids is 2. The van der Waals surface area contributed by atoms with Crippen LogP contribution in [0.4, 0.5) is 0 Å². The van der Waals surface area contributed by atoms with Gasteiger partial charge in [-0.15, -0.1) is 0 Å². The summed E-state index contributed by atoms with van der Waals surface area (Å²) in [5.41, 5.74) is 1.07. The van der Waals surface area contributed by atoms with Gasteiger partial charge in [0, 0.05) is 31.2 Å². The number of unbranched alkanes of at least 4 members (excludes halogenated alkanes) is 6. The summed E-state index contributed by atoms with van der Waals surface area (Å²) in [6, 6.07) is 0. The van der Waals surface area contributed by atoms with Crippen molar-refractivity contribution in [1.29, 1.82) is 0 Å². The number of aliphatic carboxylic acids is 2. The Morgan fingerprint density at radius 2 is 0.592 bits per heavy atom. The molecule has 0 saturated carbocycles. The average molecular weight is 699 g/mol. The third kappa shape index (κ3) is 18.8. The van der Waals surface area contributed by atoms with Crippen LogP contribution in [-0.2, 0) is 9.59 Å². The molecule has 0 aromatic carbocycles. The highest BCUT2D eigenvalue weighted by Gasteiger charge is 2.47. The van der Waals surface area contributed by atoms with E-state index < -0.39 is 18.4 Å². The summed E-state index contributed by atoms with van der Waals surface area (Å²) >= 11 is 0. The summed E-state index contributed by atoms with van der Waals surface area (Å²) < 4.78 is 2.84. The van der Waals surface area contributed by atoms with Crippen LogP contribution in [0, 0.1) is 0 Å². The van der Waals surface area contributed by atoms with Gasteiger partial charge >= 0.3 is 0 Å². The second-order valence-corrected chi connectivity index (χ2v) is 15.0. The van der Waals surface area contributed by atoms with Gasteiger partial charge in [-0.25, -0.2) is 0 Å². The number of carboxylic acids is 2. The number of carbonyl (C=O) groups is 2. The maximum atomic E-state index is 9.28. The SMILES string of the molecule is CCCC[N+](CCCC)(CCCC)C(CC)(CC)CCC.CCCC[N+](CCCC)(CCCC)C(CC)(CC)CCC.O=C([O-])CC(=O)[O-]. The van der Waals surface area contributed by atoms with E-state index in [1.807, 2.05) is 0 Å². The molecule has 49 heavy (non-hydrogen) atoms. The second-order valence-electron chi connectivity index (χ2n) is 15.0. The van der Waals surface area contributed by atoms with Gasteiger partial charge in [0.05, 0.1) is 50.3 Å². The summed E-state index contributed by atoms with van der Waals surface area (Å²) in [5, 5.41) is 18.6. The van der Waals surface area contributed by atoms with Crippen molar-refractivity contribution in [3.05, 3.63) is 0 Å². The fraction of sp³-hybridized carbons (Fsp3) is 0.953. The first-order valence-electron chi connectivity index (χ1n) is 21.5. The molecule has 0 spiro atoms. The van der Waals surface area contributed by atoms with E-state index in [-0.39, 0.29) is 0 Å². The molecule has 0 bridgehead atoms. The Labute approximate surface area is 308 Å². The lowest BCUT2D eigenvalue weighted by Crippen LogP contribution is -2.65. The van der Waals surface area contributed by atoms with Gasteiger partial charge in [-0.1, -0.05) is 134 Å². The van der Waals surface area contributed by atoms with Crippen LogP contribution < -0.4 is 10.2 Å². The Kier molecular flexibility index (Phi) is 33.7. The van der Waals surface area contributed by atoms with Crippen molar-refractivity contribution >= 4 is 11.9 Å². The van der Waals surface area contributed by atoms with Gasteiger partial charge in [-0.3, -0.25) is 0 Å². The minimum atomic E-state index is -1.63. The van der Waals surface area contributed by atoms with Crippen LogP contribution in [0.2, 0.25) is 0 Å². The second kappa shape index (κ2) is 31.6. The summed E-state index contributed by atoms with van der Waals surface area (Å²) in [4.78, 5) is 18.6. The number of rotatable bonds is 30. The maximum Gasteiger partial charge on any atom is 0.0987 e. The molecule has 0 amide bonds. The molecule has 6 nitrogen and oxygen atoms in total. The van der Waals surface area contributed by atoms with Gasteiger partial charge in [0.2, 0.25) is 0 Å². The van der Waals surface area contributed by atoms with E-state index in [0.29, 0.717) is 11.1 Å². The van der Waals surface area contributed by atoms with Crippen LogP contribution >= 0.6 is 0 Å². The molecule has 0 unspecified atom stereocenters. The third-order valence-corrected chi connectivity index (χ3v) is 12.0. The third-order valence-electron chi connectivity index (χ3n) is 12.0. The fourth-order valence-electron chi connectivity index (χ4n) is 8.93. The molecule has 0 aromatic heterocycles. The van der Waals surface area contributed by atoms with Crippen LogP contribution in [0.1, 0.15) is 218 Å². The standard InChI is InChI=1S/2C20H44N.C3H4O4/c2*1-7-13-17-21(18-14-8-2,19-15-9-3)20(11-5,12-6)16-10-4;4-2(5)1-3(6)7/h2*7-19H2,1-6H3;1H2,(H,4,5)(H,6,7)/q2*+1;/p-2. The summed E-state index contributed by atoms with van der Waals surface area (Å²) in [5.74, 6) is -3.25. The zero-order chi connectivity index (χ0) is 38.2. The first-order chi connectivity index (χ1) is 23.4. The van der Waals surface area contributed by atoms with Gasteiger partial charge in [0.15, 0.2) is 0 Å². The Hall–Kier alpha value is -1.14. The number of quaternary nitrogens is 2. The van der Waals surface area contributed by atoms with Crippen molar-refractivity contribution in [2.24, 2.45) is 0 Å². The normalized spacial score (nSPS) is 12.2. The molecular weight excluding hydrogens is 608 g/mol. The van der Waals surface area contributed by atoms with Gasteiger partial charge in [-0.2, -0.15) is 0 Å². The van der Waals surface area contributed by atoms with Crippen LogP contribution in [0.25, 0.3) is 0 Å². The number of hydrogen-bond acceptors (Lipinski definition) is 4. The quantitative estimate of drug-likeness (QED) is 0.0553. The first kappa shape index (κ1) is 52.2. The molecule has 0 fully saturated rings. The Balaban J connectivity index is -0.000000723. The van der Waals surface area contributed by atoms with Gasteiger partial charge in [0.25, 0.3) is 0 Å². The predicted octanol–water partition coefficient (Wildman–Crippen LogP) is 10.0. The van der Waals surface area contributed by atoms with Crippen molar-refractivity contribution in [2.75, 3.05) is 39.3 Å². The fourth-order valence-corrected chi connectivity index (χ4v) is 8.93. The minimum Gasteiger partial charge on any atom is -0.550 e. The summed E-state index contributed by atoms with van der Waals surface area (Å²) in [6.45, 7) is 37.2. The van der Waals surface area contributed by atoms with E-state index in [2.05, 4.69) is 83.1 Å². The van der Waals surface area contributed by atoms with E-state index in [1.54, 1.807) is 0 Å². The van der Waals surface area contributed by atoms with Crippen molar-refractivity contribution in [2.45, 2.75) is 229 Å². The number of hydrogen-bond donors (Lipinski definition) is 0. The highest BCUT2D eigenvalue weighted by molar-refractivity contribution is 5.86. The largest absolute Gasteiger partial charge is 0.550 e. The molecule has 0 rings (SSSR count). The molecular formula is C43H90N2O4. The number of carboxylic acid groups (broad SMARTS) is 2. The minimum absolute atomic E-state index is 0.536. The van der Waals surface area contributed by atoms with E-state index in [4.69, 9.17) is 0 Å². The molecule has 0 aliphatic rings. The van der Waals surface area contributed by atoms with Crippen molar-refractivity contribution in [3.8, 4) is 0 Å². The van der Waals surface area contributed by atoms with Gasteiger partial charge in [-0.05, 0) is 64.2 Å². The predicted molar refractivity (Wildman–Crippen MR) is 210 cm³/mol. The van der Waals surface area contributed by atoms with Crippen LogP contribution in [-0.4, -0.2) is 71.3 Å². The van der Waals surface area contributed by atoms with Crippen LogP contribution in [0.3, 0.4) is 0 Å². The Bertz CT molecular complexity index is 655. The monoisotopic (exact) mass is 699 g/mol. The zero-order valence-corrected chi connectivity index (χ0v) is 35.6. The van der Waals surface area contributed by atoms with E-state index in [1.165, 1.54) is 177 Å². The highest BCUT2D eigenvalue weighted by Crippen LogP contribution is 2.39. The molecule has 0 heterocycles. The van der Waals surface area contributed by atoms with Crippen LogP contribution in [0.5, 0.6) is 0 Å². The van der Waals surface area contributed by atoms with Crippen LogP contribution in [0.15, 0.2) is 0 Å². The lowest BCUT2D eigenvalue weighted by molar-refractivity contribution is -0.978. The van der Waals surface area contributed by atoms with E-state index in [0.717, 1.165) is 0 Å². The Morgan fingerprint density at radius 1 is 0.388 bits per heavy atom. The molecule has 0 N–H and O–H groups in total. The molecule has 0 aliphatic carbocycles. The first-order valence-corrected chi connectivity index (χ1v) is 21.5. The molecule has 0 atom stereocenters. The lowest BCUT2D eigenvalue weighted by Gasteiger charge is -2.54. The summed E-state index contributed by atoms with van der Waals surface area (Å²) in [6.07, 6.45) is 26.4. The van der Waals surface area contributed by atoms with Gasteiger partial charge in [0.1, 0.15) is 0 Å². The van der Waals surface area contributed by atoms with E-state index in [9.17, 15) is 19.8 Å². The lowest BCUT2D eigenvalue weighted by atomic mass is 9.81. The molecule has 0 aliphatic heterocycles. The molecule has 0 aromatic rings. The molecule has 6 heteroatoms. The maximum absolute atomic E-state index is 9.28. The topological polar surface area (TPSA) is 80.3 Å². The van der Waals surface area contributed by atoms with Crippen molar-refractivity contribution in [1.82, 2.24) is 0 Å². The van der Waals surface area contributed by atoms with Gasteiger partial charge < -0.3 is 28.8 Å². The number of nitrogens with zero attached hydrogens (tertiary/aromatic N) is 2. The average Bonchev–Trinajstić information content (AvgIpc) is 3.09. The van der Waals surface area contributed by atoms with Crippen molar-refractivity contribution < 1.29 is 28.8 Å². The Morgan fingerprint density at radius 3 is 0.694 bits per heavy atom. The molecule has 0 radical (unpaired) electrons. The molecule has 0 saturated heterocycles. The highest BCUT2D eigenvalue weighted by atomic mass is 16.4. The summed E-state index contributed by atoms with van der Waals surface area (Å²) in [7, 11) is 0. The molecule has 296 valence electrons. The van der Waals surface area contributed by atoms with Crippen molar-refractivity contribution in [3.63, 3.8) is 0 Å².